The fourth-order valence-corrected chi connectivity index (χ4v) is 4.39. The summed E-state index contributed by atoms with van der Waals surface area (Å²) >= 11 is 8.97. The van der Waals surface area contributed by atoms with Crippen molar-refractivity contribution in [2.24, 2.45) is 0 Å². The molecule has 0 aliphatic carbocycles. The molecule has 3 aromatic rings. The number of benzene rings is 1. The SMILES string of the molecule is O=C(CCc1cccc(Cl)c1)NC[C@@](O)(c1ccsc1)c1cccs1. The molecule has 2 heterocycles. The normalized spacial score (nSPS) is 13.4. The van der Waals surface area contributed by atoms with Crippen molar-refractivity contribution in [3.8, 4) is 0 Å². The lowest BCUT2D eigenvalue weighted by atomic mass is 9.94. The molecule has 0 unspecified atom stereocenters. The first-order valence-corrected chi connectivity index (χ1v) is 10.1. The van der Waals surface area contributed by atoms with Gasteiger partial charge in [-0.25, -0.2) is 0 Å². The average Bonchev–Trinajstić information content (AvgIpc) is 3.32. The number of carbonyl (C=O) groups is 1. The van der Waals surface area contributed by atoms with E-state index < -0.39 is 5.60 Å². The van der Waals surface area contributed by atoms with Gasteiger partial charge >= 0.3 is 0 Å². The van der Waals surface area contributed by atoms with Crippen LogP contribution in [-0.4, -0.2) is 17.6 Å². The molecule has 130 valence electrons. The number of carbonyl (C=O) groups excluding carboxylic acids is 1. The van der Waals surface area contributed by atoms with E-state index in [1.807, 2.05) is 58.6 Å². The molecule has 6 heteroatoms. The molecule has 1 amide bonds. The molecule has 0 radical (unpaired) electrons. The quantitative estimate of drug-likeness (QED) is 0.625. The van der Waals surface area contributed by atoms with Gasteiger partial charge in [-0.05, 0) is 52.4 Å². The van der Waals surface area contributed by atoms with E-state index >= 15 is 0 Å². The first kappa shape index (κ1) is 18.1. The highest BCUT2D eigenvalue weighted by Gasteiger charge is 2.33. The summed E-state index contributed by atoms with van der Waals surface area (Å²) in [5.74, 6) is -0.0924. The predicted octanol–water partition coefficient (Wildman–Crippen LogP) is 4.45. The monoisotopic (exact) mass is 391 g/mol. The summed E-state index contributed by atoms with van der Waals surface area (Å²) in [6.07, 6.45) is 0.965. The first-order valence-electron chi connectivity index (χ1n) is 7.88. The van der Waals surface area contributed by atoms with Gasteiger partial charge in [-0.1, -0.05) is 29.8 Å². The van der Waals surface area contributed by atoms with Crippen molar-refractivity contribution >= 4 is 40.2 Å². The fourth-order valence-electron chi connectivity index (χ4n) is 2.61. The van der Waals surface area contributed by atoms with Crippen molar-refractivity contribution in [1.82, 2.24) is 5.32 Å². The van der Waals surface area contributed by atoms with E-state index in [4.69, 9.17) is 11.6 Å². The van der Waals surface area contributed by atoms with Gasteiger partial charge in [0.25, 0.3) is 0 Å². The predicted molar refractivity (Wildman–Crippen MR) is 104 cm³/mol. The molecule has 3 rings (SSSR count). The Hall–Kier alpha value is -1.66. The van der Waals surface area contributed by atoms with Crippen LogP contribution < -0.4 is 5.32 Å². The largest absolute Gasteiger partial charge is 0.378 e. The number of nitrogens with one attached hydrogen (secondary N) is 1. The second kappa shape index (κ2) is 8.15. The van der Waals surface area contributed by atoms with Crippen molar-refractivity contribution in [3.63, 3.8) is 0 Å². The van der Waals surface area contributed by atoms with Crippen LogP contribution in [0.5, 0.6) is 0 Å². The van der Waals surface area contributed by atoms with Crippen LogP contribution in [0.3, 0.4) is 0 Å². The number of aryl methyl sites for hydroxylation is 1. The fraction of sp³-hybridized carbons (Fsp3) is 0.211. The smallest absolute Gasteiger partial charge is 0.220 e. The van der Waals surface area contributed by atoms with Gasteiger partial charge in [-0.3, -0.25) is 4.79 Å². The number of amides is 1. The Labute approximate surface area is 159 Å². The molecular formula is C19H18ClNO2S2. The van der Waals surface area contributed by atoms with E-state index in [1.165, 1.54) is 22.7 Å². The Morgan fingerprint density at radius 2 is 2.08 bits per heavy atom. The van der Waals surface area contributed by atoms with Crippen LogP contribution in [-0.2, 0) is 16.8 Å². The molecule has 0 spiro atoms. The number of rotatable bonds is 7. The summed E-state index contributed by atoms with van der Waals surface area (Å²) in [4.78, 5) is 13.1. The lowest BCUT2D eigenvalue weighted by Gasteiger charge is -2.27. The Morgan fingerprint density at radius 1 is 1.20 bits per heavy atom. The molecule has 25 heavy (non-hydrogen) atoms. The Bertz CT molecular complexity index is 782. The van der Waals surface area contributed by atoms with Gasteiger partial charge in [0.1, 0.15) is 5.60 Å². The van der Waals surface area contributed by atoms with Crippen LogP contribution in [0.25, 0.3) is 0 Å². The van der Waals surface area contributed by atoms with E-state index in [9.17, 15) is 9.90 Å². The highest BCUT2D eigenvalue weighted by atomic mass is 35.5. The van der Waals surface area contributed by atoms with Gasteiger partial charge in [-0.2, -0.15) is 11.3 Å². The molecule has 0 aliphatic heterocycles. The van der Waals surface area contributed by atoms with Crippen molar-refractivity contribution in [3.05, 3.63) is 79.6 Å². The van der Waals surface area contributed by atoms with Crippen LogP contribution in [0.2, 0.25) is 5.02 Å². The minimum Gasteiger partial charge on any atom is -0.378 e. The van der Waals surface area contributed by atoms with Gasteiger partial charge in [0.15, 0.2) is 0 Å². The third kappa shape index (κ3) is 4.50. The molecule has 0 saturated heterocycles. The second-order valence-electron chi connectivity index (χ2n) is 5.76. The first-order chi connectivity index (χ1) is 12.1. The van der Waals surface area contributed by atoms with Crippen LogP contribution in [0.15, 0.2) is 58.6 Å². The van der Waals surface area contributed by atoms with Crippen LogP contribution in [0.4, 0.5) is 0 Å². The number of halogens is 1. The van der Waals surface area contributed by atoms with Gasteiger partial charge in [0.05, 0.1) is 6.54 Å². The van der Waals surface area contributed by atoms with Crippen LogP contribution >= 0.6 is 34.3 Å². The molecule has 2 N–H and O–H groups in total. The molecule has 0 saturated carbocycles. The van der Waals surface area contributed by atoms with E-state index in [1.54, 1.807) is 0 Å². The zero-order chi connectivity index (χ0) is 17.7. The molecule has 0 bridgehead atoms. The Balaban J connectivity index is 1.63. The average molecular weight is 392 g/mol. The molecule has 1 atom stereocenters. The number of aliphatic hydroxyl groups is 1. The summed E-state index contributed by atoms with van der Waals surface area (Å²) in [5, 5.41) is 20.5. The third-order valence-corrected chi connectivity index (χ3v) is 5.94. The maximum Gasteiger partial charge on any atom is 0.220 e. The van der Waals surface area contributed by atoms with Gasteiger partial charge in [0.2, 0.25) is 5.91 Å². The van der Waals surface area contributed by atoms with E-state index in [0.717, 1.165) is 16.0 Å². The highest BCUT2D eigenvalue weighted by molar-refractivity contribution is 7.10. The maximum atomic E-state index is 12.2. The molecule has 0 fully saturated rings. The van der Waals surface area contributed by atoms with Gasteiger partial charge < -0.3 is 10.4 Å². The van der Waals surface area contributed by atoms with Gasteiger partial charge in [-0.15, -0.1) is 11.3 Å². The molecular weight excluding hydrogens is 374 g/mol. The molecule has 2 aromatic heterocycles. The second-order valence-corrected chi connectivity index (χ2v) is 7.92. The highest BCUT2D eigenvalue weighted by Crippen LogP contribution is 2.33. The molecule has 1 aromatic carbocycles. The van der Waals surface area contributed by atoms with Gasteiger partial charge in [0, 0.05) is 21.9 Å². The summed E-state index contributed by atoms with van der Waals surface area (Å²) < 4.78 is 0. The van der Waals surface area contributed by atoms with Crippen molar-refractivity contribution in [2.45, 2.75) is 18.4 Å². The minimum atomic E-state index is -1.19. The zero-order valence-corrected chi connectivity index (χ0v) is 15.8. The minimum absolute atomic E-state index is 0.0924. The standard InChI is InChI=1S/C19H18ClNO2S2/c20-16-4-1-3-14(11-16)6-7-18(22)21-13-19(23,15-8-10-24-12-15)17-5-2-9-25-17/h1-5,8-12,23H,6-7,13H2,(H,21,22)/t19-/m1/s1. The van der Waals surface area contributed by atoms with Crippen LogP contribution in [0.1, 0.15) is 22.4 Å². The van der Waals surface area contributed by atoms with E-state index in [0.29, 0.717) is 17.9 Å². The van der Waals surface area contributed by atoms with Crippen molar-refractivity contribution in [1.29, 1.82) is 0 Å². The number of hydrogen-bond acceptors (Lipinski definition) is 4. The third-order valence-electron chi connectivity index (χ3n) is 4.00. The van der Waals surface area contributed by atoms with E-state index in [2.05, 4.69) is 5.32 Å². The lowest BCUT2D eigenvalue weighted by Crippen LogP contribution is -2.41. The molecule has 3 nitrogen and oxygen atoms in total. The Morgan fingerprint density at radius 3 is 2.76 bits per heavy atom. The summed E-state index contributed by atoms with van der Waals surface area (Å²) in [6.45, 7) is 0.151. The summed E-state index contributed by atoms with van der Waals surface area (Å²) in [6, 6.07) is 13.2. The summed E-state index contributed by atoms with van der Waals surface area (Å²) in [7, 11) is 0. The maximum absolute atomic E-state index is 12.2. The van der Waals surface area contributed by atoms with E-state index in [-0.39, 0.29) is 12.5 Å². The summed E-state index contributed by atoms with van der Waals surface area (Å²) in [5.41, 5.74) is 0.629. The Kier molecular flexibility index (Phi) is 5.91. The topological polar surface area (TPSA) is 49.3 Å². The lowest BCUT2D eigenvalue weighted by molar-refractivity contribution is -0.122. The van der Waals surface area contributed by atoms with Crippen LogP contribution in [0, 0.1) is 0 Å². The van der Waals surface area contributed by atoms with Crippen molar-refractivity contribution < 1.29 is 9.90 Å². The zero-order valence-electron chi connectivity index (χ0n) is 13.4. The number of hydrogen-bond donors (Lipinski definition) is 2. The molecule has 0 aliphatic rings. The van der Waals surface area contributed by atoms with Crippen molar-refractivity contribution in [2.75, 3.05) is 6.54 Å². The number of thiophene rings is 2.